The lowest BCUT2D eigenvalue weighted by Gasteiger charge is -2.36. The van der Waals surface area contributed by atoms with Gasteiger partial charge in [0.2, 0.25) is 0 Å². The van der Waals surface area contributed by atoms with E-state index in [2.05, 4.69) is 10.2 Å². The van der Waals surface area contributed by atoms with E-state index >= 15 is 0 Å². The number of nitrogens with one attached hydrogen (secondary N) is 1. The molecule has 3 rings (SSSR count). The highest BCUT2D eigenvalue weighted by Crippen LogP contribution is 2.31. The van der Waals surface area contributed by atoms with Gasteiger partial charge in [-0.3, -0.25) is 0 Å². The number of anilines is 1. The summed E-state index contributed by atoms with van der Waals surface area (Å²) in [5.41, 5.74) is 1.02. The van der Waals surface area contributed by atoms with E-state index in [1.54, 1.807) is 19.1 Å². The molecule has 2 aliphatic rings. The molecule has 8 nitrogen and oxygen atoms in total. The Bertz CT molecular complexity index is 760. The van der Waals surface area contributed by atoms with Crippen molar-refractivity contribution in [1.82, 2.24) is 10.2 Å². The van der Waals surface area contributed by atoms with Crippen LogP contribution in [0.2, 0.25) is 0 Å². The minimum atomic E-state index is -2.99. The first-order valence-electron chi connectivity index (χ1n) is 8.64. The fourth-order valence-electron chi connectivity index (χ4n) is 3.36. The Kier molecular flexibility index (Phi) is 5.45. The van der Waals surface area contributed by atoms with Crippen molar-refractivity contribution in [3.8, 4) is 11.5 Å². The molecule has 1 aromatic rings. The second-order valence-electron chi connectivity index (χ2n) is 6.56. The smallest absolute Gasteiger partial charge is 0.317 e. The summed E-state index contributed by atoms with van der Waals surface area (Å²) in [4.78, 5) is 16.3. The van der Waals surface area contributed by atoms with Crippen LogP contribution in [0.1, 0.15) is 6.42 Å². The van der Waals surface area contributed by atoms with Crippen LogP contribution in [-0.4, -0.2) is 77.3 Å². The number of amides is 2. The summed E-state index contributed by atoms with van der Waals surface area (Å²) in [7, 11) is 0.213. The average molecular weight is 383 g/mol. The largest absolute Gasteiger partial charge is 0.493 e. The van der Waals surface area contributed by atoms with Crippen LogP contribution in [-0.2, 0) is 9.84 Å². The van der Waals surface area contributed by atoms with Crippen LogP contribution in [0.4, 0.5) is 10.5 Å². The lowest BCUT2D eigenvalue weighted by atomic mass is 10.2. The molecule has 0 bridgehead atoms. The highest BCUT2D eigenvalue weighted by Gasteiger charge is 2.31. The SMILES string of the molecule is COc1ccc(N2CCN(C(=O)NC3CCS(=O)(=O)C3)CC2)cc1OC. The number of rotatable bonds is 4. The predicted molar refractivity (Wildman–Crippen MR) is 98.9 cm³/mol. The highest BCUT2D eigenvalue weighted by molar-refractivity contribution is 7.91. The number of hydrogen-bond acceptors (Lipinski definition) is 6. The van der Waals surface area contributed by atoms with E-state index in [4.69, 9.17) is 9.47 Å². The van der Waals surface area contributed by atoms with E-state index in [0.29, 0.717) is 44.1 Å². The van der Waals surface area contributed by atoms with Gasteiger partial charge in [0.1, 0.15) is 0 Å². The monoisotopic (exact) mass is 383 g/mol. The molecule has 1 unspecified atom stereocenters. The third kappa shape index (κ3) is 4.14. The molecule has 0 aromatic heterocycles. The molecule has 1 atom stereocenters. The normalized spacial score (nSPS) is 22.2. The molecule has 0 aliphatic carbocycles. The van der Waals surface area contributed by atoms with Crippen LogP contribution in [0, 0.1) is 0 Å². The highest BCUT2D eigenvalue weighted by atomic mass is 32.2. The van der Waals surface area contributed by atoms with Crippen LogP contribution >= 0.6 is 0 Å². The maximum Gasteiger partial charge on any atom is 0.317 e. The molecule has 1 N–H and O–H groups in total. The number of methoxy groups -OCH3 is 2. The van der Waals surface area contributed by atoms with Gasteiger partial charge >= 0.3 is 6.03 Å². The van der Waals surface area contributed by atoms with E-state index in [1.165, 1.54) is 0 Å². The number of urea groups is 1. The molecule has 2 amide bonds. The van der Waals surface area contributed by atoms with Gasteiger partial charge in [-0.2, -0.15) is 0 Å². The Morgan fingerprint density at radius 3 is 2.38 bits per heavy atom. The Hall–Kier alpha value is -2.16. The minimum Gasteiger partial charge on any atom is -0.493 e. The summed E-state index contributed by atoms with van der Waals surface area (Å²) < 4.78 is 33.6. The fraction of sp³-hybridized carbons (Fsp3) is 0.588. The van der Waals surface area contributed by atoms with Crippen molar-refractivity contribution < 1.29 is 22.7 Å². The van der Waals surface area contributed by atoms with E-state index < -0.39 is 9.84 Å². The van der Waals surface area contributed by atoms with Gasteiger partial charge in [0.05, 0.1) is 25.7 Å². The molecule has 2 aliphatic heterocycles. The third-order valence-electron chi connectivity index (χ3n) is 4.86. The van der Waals surface area contributed by atoms with Crippen molar-refractivity contribution in [1.29, 1.82) is 0 Å². The Morgan fingerprint density at radius 2 is 1.81 bits per heavy atom. The van der Waals surface area contributed by atoms with Crippen molar-refractivity contribution in [2.75, 3.05) is 56.8 Å². The van der Waals surface area contributed by atoms with Crippen LogP contribution < -0.4 is 19.7 Å². The van der Waals surface area contributed by atoms with Gasteiger partial charge < -0.3 is 24.6 Å². The average Bonchev–Trinajstić information content (AvgIpc) is 2.99. The first-order chi connectivity index (χ1) is 12.4. The Balaban J connectivity index is 1.55. The van der Waals surface area contributed by atoms with Gasteiger partial charge in [0.15, 0.2) is 21.3 Å². The molecular weight excluding hydrogens is 358 g/mol. The fourth-order valence-corrected chi connectivity index (χ4v) is 5.04. The number of piperazine rings is 1. The first kappa shape index (κ1) is 18.6. The zero-order valence-corrected chi connectivity index (χ0v) is 15.9. The van der Waals surface area contributed by atoms with Crippen molar-refractivity contribution in [2.24, 2.45) is 0 Å². The van der Waals surface area contributed by atoms with Crippen LogP contribution in [0.5, 0.6) is 11.5 Å². The molecular formula is C17H25N3O5S. The summed E-state index contributed by atoms with van der Waals surface area (Å²) in [6.07, 6.45) is 0.500. The van der Waals surface area contributed by atoms with Crippen LogP contribution in [0.15, 0.2) is 18.2 Å². The van der Waals surface area contributed by atoms with Crippen molar-refractivity contribution in [3.63, 3.8) is 0 Å². The Morgan fingerprint density at radius 1 is 1.12 bits per heavy atom. The molecule has 1 aromatic carbocycles. The van der Waals surface area contributed by atoms with Crippen LogP contribution in [0.25, 0.3) is 0 Å². The zero-order chi connectivity index (χ0) is 18.7. The molecule has 9 heteroatoms. The molecule has 2 heterocycles. The number of ether oxygens (including phenoxy) is 2. The predicted octanol–water partition coefficient (Wildman–Crippen LogP) is 0.723. The summed E-state index contributed by atoms with van der Waals surface area (Å²) in [6.45, 7) is 2.57. The quantitative estimate of drug-likeness (QED) is 0.824. The van der Waals surface area contributed by atoms with Crippen molar-refractivity contribution in [3.05, 3.63) is 18.2 Å². The second-order valence-corrected chi connectivity index (χ2v) is 8.79. The first-order valence-corrected chi connectivity index (χ1v) is 10.5. The number of carbonyl (C=O) groups excluding carboxylic acids is 1. The molecule has 0 radical (unpaired) electrons. The number of hydrogen-bond donors (Lipinski definition) is 1. The van der Waals surface area contributed by atoms with Gasteiger partial charge in [-0.1, -0.05) is 0 Å². The van der Waals surface area contributed by atoms with Gasteiger partial charge in [-0.25, -0.2) is 13.2 Å². The lowest BCUT2D eigenvalue weighted by Crippen LogP contribution is -2.53. The number of benzene rings is 1. The molecule has 144 valence electrons. The zero-order valence-electron chi connectivity index (χ0n) is 15.1. The minimum absolute atomic E-state index is 0.0460. The topological polar surface area (TPSA) is 88.2 Å². The van der Waals surface area contributed by atoms with Gasteiger partial charge in [0.25, 0.3) is 0 Å². The van der Waals surface area contributed by atoms with Crippen molar-refractivity contribution >= 4 is 21.6 Å². The molecule has 2 saturated heterocycles. The molecule has 26 heavy (non-hydrogen) atoms. The summed E-state index contributed by atoms with van der Waals surface area (Å²) >= 11 is 0. The van der Waals surface area contributed by atoms with Gasteiger partial charge in [-0.15, -0.1) is 0 Å². The summed E-state index contributed by atoms with van der Waals surface area (Å²) in [5, 5.41) is 2.84. The van der Waals surface area contributed by atoms with E-state index in [1.807, 2.05) is 18.2 Å². The molecule has 2 fully saturated rings. The number of carbonyl (C=O) groups is 1. The summed E-state index contributed by atoms with van der Waals surface area (Å²) in [5.74, 6) is 1.56. The number of nitrogens with zero attached hydrogens (tertiary/aromatic N) is 2. The van der Waals surface area contributed by atoms with E-state index in [-0.39, 0.29) is 23.6 Å². The Labute approximate surface area is 154 Å². The molecule has 0 spiro atoms. The van der Waals surface area contributed by atoms with Gasteiger partial charge in [0, 0.05) is 44.0 Å². The van der Waals surface area contributed by atoms with Crippen molar-refractivity contribution in [2.45, 2.75) is 12.5 Å². The summed E-state index contributed by atoms with van der Waals surface area (Å²) in [6, 6.07) is 5.32. The standard InChI is InChI=1S/C17H25N3O5S/c1-24-15-4-3-14(11-16(15)25-2)19-6-8-20(9-7-19)17(21)18-13-5-10-26(22,23)12-13/h3-4,11,13H,5-10,12H2,1-2H3,(H,18,21). The third-order valence-corrected chi connectivity index (χ3v) is 6.63. The van der Waals surface area contributed by atoms with E-state index in [9.17, 15) is 13.2 Å². The molecule has 0 saturated carbocycles. The second kappa shape index (κ2) is 7.61. The van der Waals surface area contributed by atoms with Gasteiger partial charge in [-0.05, 0) is 18.6 Å². The maximum absolute atomic E-state index is 12.4. The lowest BCUT2D eigenvalue weighted by molar-refractivity contribution is 0.191. The maximum atomic E-state index is 12.4. The van der Waals surface area contributed by atoms with Crippen LogP contribution in [0.3, 0.4) is 0 Å². The van der Waals surface area contributed by atoms with E-state index in [0.717, 1.165) is 5.69 Å². The number of sulfone groups is 1.